The first-order chi connectivity index (χ1) is 11.0. The Morgan fingerprint density at radius 1 is 1.26 bits per heavy atom. The monoisotopic (exact) mass is 357 g/mol. The highest BCUT2D eigenvalue weighted by Gasteiger charge is 2.12. The molecule has 2 rings (SSSR count). The van der Waals surface area contributed by atoms with E-state index >= 15 is 0 Å². The predicted octanol–water partition coefficient (Wildman–Crippen LogP) is 2.79. The maximum atomic E-state index is 12.0. The third-order valence-electron chi connectivity index (χ3n) is 2.55. The van der Waals surface area contributed by atoms with E-state index in [2.05, 4.69) is 20.8 Å². The van der Waals surface area contributed by atoms with Gasteiger partial charge >= 0.3 is 6.09 Å². The van der Waals surface area contributed by atoms with Crippen molar-refractivity contribution < 1.29 is 14.3 Å². The molecule has 2 aromatic rings. The zero-order chi connectivity index (χ0) is 16.8. The number of para-hydroxylation sites is 1. The number of ether oxygens (including phenoxy) is 1. The third-order valence-corrected chi connectivity index (χ3v) is 3.18. The molecule has 0 aliphatic rings. The molecular weight excluding hydrogens is 345 g/mol. The summed E-state index contributed by atoms with van der Waals surface area (Å²) in [4.78, 5) is 24.3. The van der Waals surface area contributed by atoms with E-state index in [1.165, 1.54) is 6.20 Å². The lowest BCUT2D eigenvalue weighted by molar-refractivity contribution is -0.117. The van der Waals surface area contributed by atoms with Crippen molar-refractivity contribution in [2.24, 2.45) is 0 Å². The van der Waals surface area contributed by atoms with Crippen molar-refractivity contribution in [1.82, 2.24) is 15.0 Å². The van der Waals surface area contributed by atoms with Gasteiger partial charge in [-0.3, -0.25) is 10.1 Å². The summed E-state index contributed by atoms with van der Waals surface area (Å²) in [5, 5.41) is 13.4. The molecule has 0 saturated carbocycles. The van der Waals surface area contributed by atoms with Crippen LogP contribution in [0.2, 0.25) is 10.0 Å². The van der Waals surface area contributed by atoms with Crippen LogP contribution in [-0.2, 0) is 16.1 Å². The average molecular weight is 358 g/mol. The molecule has 0 aliphatic carbocycles. The fraction of sp³-hybridized carbons (Fsp3) is 0.231. The Morgan fingerprint density at radius 2 is 1.96 bits per heavy atom. The second kappa shape index (κ2) is 7.80. The van der Waals surface area contributed by atoms with E-state index in [0.717, 1.165) is 4.80 Å². The second-order valence-electron chi connectivity index (χ2n) is 4.25. The van der Waals surface area contributed by atoms with Crippen LogP contribution in [0.15, 0.2) is 24.4 Å². The highest BCUT2D eigenvalue weighted by molar-refractivity contribution is 6.39. The molecule has 122 valence electrons. The number of benzene rings is 1. The number of nitrogens with zero attached hydrogens (tertiary/aromatic N) is 3. The Hall–Kier alpha value is -2.32. The van der Waals surface area contributed by atoms with Crippen molar-refractivity contribution in [1.29, 1.82) is 0 Å². The van der Waals surface area contributed by atoms with Gasteiger partial charge in [-0.1, -0.05) is 29.3 Å². The normalized spacial score (nSPS) is 10.2. The number of amides is 2. The molecule has 2 N–H and O–H groups in total. The van der Waals surface area contributed by atoms with Crippen LogP contribution in [0, 0.1) is 0 Å². The minimum absolute atomic E-state index is 0.173. The molecule has 2 amide bonds. The number of carbonyl (C=O) groups excluding carboxylic acids is 2. The molecule has 0 spiro atoms. The molecule has 0 fully saturated rings. The number of nitrogens with one attached hydrogen (secondary N) is 2. The lowest BCUT2D eigenvalue weighted by Crippen LogP contribution is -2.21. The maximum absolute atomic E-state index is 12.0. The van der Waals surface area contributed by atoms with Gasteiger partial charge in [0.25, 0.3) is 0 Å². The van der Waals surface area contributed by atoms with Crippen LogP contribution in [-0.4, -0.2) is 33.6 Å². The molecule has 0 bridgehead atoms. The van der Waals surface area contributed by atoms with Crippen LogP contribution >= 0.6 is 23.2 Å². The summed E-state index contributed by atoms with van der Waals surface area (Å²) in [5.74, 6) is -0.245. The molecule has 0 saturated heterocycles. The summed E-state index contributed by atoms with van der Waals surface area (Å²) in [7, 11) is 0. The zero-order valence-electron chi connectivity index (χ0n) is 12.0. The number of aromatic nitrogens is 3. The number of hydrogen-bond donors (Lipinski definition) is 2. The van der Waals surface area contributed by atoms with Gasteiger partial charge in [-0.25, -0.2) is 4.79 Å². The van der Waals surface area contributed by atoms with Gasteiger partial charge in [-0.05, 0) is 19.1 Å². The number of anilines is 2. The number of carbonyl (C=O) groups is 2. The number of rotatable bonds is 5. The molecule has 8 nitrogen and oxygen atoms in total. The van der Waals surface area contributed by atoms with E-state index in [-0.39, 0.29) is 19.0 Å². The molecule has 0 aliphatic heterocycles. The minimum Gasteiger partial charge on any atom is -0.450 e. The highest BCUT2D eigenvalue weighted by Crippen LogP contribution is 2.29. The van der Waals surface area contributed by atoms with Gasteiger partial charge in [0.15, 0.2) is 5.82 Å². The van der Waals surface area contributed by atoms with Crippen molar-refractivity contribution in [2.75, 3.05) is 17.2 Å². The van der Waals surface area contributed by atoms with Crippen LogP contribution in [0.4, 0.5) is 16.3 Å². The topological polar surface area (TPSA) is 98.1 Å². The SMILES string of the molecule is CCOC(=O)Nc1cnn(CC(=O)Nc2c(Cl)cccc2Cl)n1. The van der Waals surface area contributed by atoms with Crippen molar-refractivity contribution in [3.63, 3.8) is 0 Å². The predicted molar refractivity (Wildman–Crippen MR) is 85.8 cm³/mol. The largest absolute Gasteiger partial charge is 0.450 e. The van der Waals surface area contributed by atoms with E-state index in [4.69, 9.17) is 27.9 Å². The summed E-state index contributed by atoms with van der Waals surface area (Å²) >= 11 is 11.9. The van der Waals surface area contributed by atoms with Crippen LogP contribution in [0.5, 0.6) is 0 Å². The van der Waals surface area contributed by atoms with Gasteiger partial charge in [-0.15, -0.1) is 5.10 Å². The quantitative estimate of drug-likeness (QED) is 0.857. The van der Waals surface area contributed by atoms with Gasteiger partial charge in [0.2, 0.25) is 5.91 Å². The van der Waals surface area contributed by atoms with Crippen molar-refractivity contribution in [3.05, 3.63) is 34.4 Å². The number of halogens is 2. The first kappa shape index (κ1) is 17.0. The molecular formula is C13H13Cl2N5O3. The van der Waals surface area contributed by atoms with Crippen molar-refractivity contribution in [2.45, 2.75) is 13.5 Å². The summed E-state index contributed by atoms with van der Waals surface area (Å²) in [6.45, 7) is 1.74. The Kier molecular flexibility index (Phi) is 5.78. The summed E-state index contributed by atoms with van der Waals surface area (Å²) < 4.78 is 4.71. The van der Waals surface area contributed by atoms with Crippen molar-refractivity contribution in [3.8, 4) is 0 Å². The van der Waals surface area contributed by atoms with Crippen LogP contribution in [0.25, 0.3) is 0 Å². The van der Waals surface area contributed by atoms with Gasteiger partial charge in [0.05, 0.1) is 28.5 Å². The fourth-order valence-corrected chi connectivity index (χ4v) is 2.12. The Balaban J connectivity index is 1.96. The van der Waals surface area contributed by atoms with E-state index in [1.807, 2.05) is 0 Å². The molecule has 0 radical (unpaired) electrons. The fourth-order valence-electron chi connectivity index (χ4n) is 1.63. The summed E-state index contributed by atoms with van der Waals surface area (Å²) in [6, 6.07) is 4.88. The second-order valence-corrected chi connectivity index (χ2v) is 5.06. The third kappa shape index (κ3) is 4.83. The van der Waals surface area contributed by atoms with Gasteiger partial charge in [-0.2, -0.15) is 9.90 Å². The molecule has 23 heavy (non-hydrogen) atoms. The first-order valence-electron chi connectivity index (χ1n) is 6.57. The van der Waals surface area contributed by atoms with Gasteiger partial charge in [0.1, 0.15) is 6.54 Å². The first-order valence-corrected chi connectivity index (χ1v) is 7.33. The average Bonchev–Trinajstić information content (AvgIpc) is 2.90. The van der Waals surface area contributed by atoms with E-state index < -0.39 is 12.0 Å². The minimum atomic E-state index is -0.646. The Morgan fingerprint density at radius 3 is 2.61 bits per heavy atom. The highest BCUT2D eigenvalue weighted by atomic mass is 35.5. The van der Waals surface area contributed by atoms with Gasteiger partial charge < -0.3 is 10.1 Å². The summed E-state index contributed by atoms with van der Waals surface area (Å²) in [6.07, 6.45) is 0.652. The van der Waals surface area contributed by atoms with Crippen LogP contribution in [0.1, 0.15) is 6.92 Å². The molecule has 1 heterocycles. The Bertz CT molecular complexity index is 699. The maximum Gasteiger partial charge on any atom is 0.412 e. The molecule has 1 aromatic heterocycles. The molecule has 10 heteroatoms. The standard InChI is InChI=1S/C13H13Cl2N5O3/c1-2-23-13(22)17-10-6-16-20(19-10)7-11(21)18-12-8(14)4-3-5-9(12)15/h3-6H,2,7H2,1H3,(H,18,21)(H,17,19,22). The zero-order valence-corrected chi connectivity index (χ0v) is 13.6. The molecule has 1 aromatic carbocycles. The Labute approximate surface area is 141 Å². The molecule has 0 atom stereocenters. The van der Waals surface area contributed by atoms with E-state index in [9.17, 15) is 9.59 Å². The molecule has 0 unspecified atom stereocenters. The smallest absolute Gasteiger partial charge is 0.412 e. The van der Waals surface area contributed by atoms with E-state index in [0.29, 0.717) is 15.7 Å². The van der Waals surface area contributed by atoms with Crippen LogP contribution in [0.3, 0.4) is 0 Å². The lowest BCUT2D eigenvalue weighted by Gasteiger charge is -2.08. The number of hydrogen-bond acceptors (Lipinski definition) is 5. The van der Waals surface area contributed by atoms with E-state index in [1.54, 1.807) is 25.1 Å². The van der Waals surface area contributed by atoms with Gasteiger partial charge in [0, 0.05) is 0 Å². The van der Waals surface area contributed by atoms with Crippen LogP contribution < -0.4 is 10.6 Å². The van der Waals surface area contributed by atoms with Crippen molar-refractivity contribution >= 4 is 46.7 Å². The lowest BCUT2D eigenvalue weighted by atomic mass is 10.3. The summed E-state index contributed by atoms with van der Waals surface area (Å²) in [5.41, 5.74) is 0.317.